The van der Waals surface area contributed by atoms with Gasteiger partial charge in [0.2, 0.25) is 0 Å². The fourth-order valence-electron chi connectivity index (χ4n) is 3.81. The van der Waals surface area contributed by atoms with Gasteiger partial charge in [-0.2, -0.15) is 0 Å². The average molecular weight is 278 g/mol. The molecule has 0 saturated carbocycles. The van der Waals surface area contributed by atoms with Crippen LogP contribution in [0, 0.1) is 11.8 Å². The summed E-state index contributed by atoms with van der Waals surface area (Å²) in [6, 6.07) is 0. The van der Waals surface area contributed by atoms with Crippen LogP contribution >= 0.6 is 0 Å². The van der Waals surface area contributed by atoms with Gasteiger partial charge in [-0.05, 0) is 19.4 Å². The minimum Gasteiger partial charge on any atom is -0.457 e. The van der Waals surface area contributed by atoms with Crippen molar-refractivity contribution in [1.82, 2.24) is 0 Å². The van der Waals surface area contributed by atoms with Crippen LogP contribution in [0.25, 0.3) is 0 Å². The molecule has 2 N–H and O–H groups in total. The number of carbonyl (C=O) groups excluding carboxylic acids is 1. The average Bonchev–Trinajstić information content (AvgIpc) is 2.85. The highest BCUT2D eigenvalue weighted by Crippen LogP contribution is 2.52. The first-order valence-electron chi connectivity index (χ1n) is 6.68. The van der Waals surface area contributed by atoms with Gasteiger partial charge in [-0.15, -0.1) is 0 Å². The van der Waals surface area contributed by atoms with Crippen LogP contribution in [-0.4, -0.2) is 34.1 Å². The molecule has 3 rings (SSSR count). The standard InChI is InChI=1S/C15H18O5/c1-7-4-5-15(20-18)8(2)6-10(16)11-9(3)14(17)19-13(11)12(7)15/h4,6,10-13,16,18H,3,5H2,1-2H3/t10-,11+,12+,13-,15+/m0/s1. The second-order valence-electron chi connectivity index (χ2n) is 5.87. The molecule has 1 aliphatic heterocycles. The summed E-state index contributed by atoms with van der Waals surface area (Å²) in [5.74, 6) is -1.30. The number of carbonyl (C=O) groups is 1. The summed E-state index contributed by atoms with van der Waals surface area (Å²) < 4.78 is 5.42. The highest BCUT2D eigenvalue weighted by atomic mass is 17.1. The molecule has 1 fully saturated rings. The van der Waals surface area contributed by atoms with E-state index in [0.29, 0.717) is 6.42 Å². The van der Waals surface area contributed by atoms with Gasteiger partial charge in [0.05, 0.1) is 17.9 Å². The summed E-state index contributed by atoms with van der Waals surface area (Å²) in [6.07, 6.45) is 2.66. The van der Waals surface area contributed by atoms with Gasteiger partial charge in [0.1, 0.15) is 11.7 Å². The molecular weight excluding hydrogens is 260 g/mol. The molecule has 5 nitrogen and oxygen atoms in total. The summed E-state index contributed by atoms with van der Waals surface area (Å²) in [5.41, 5.74) is 1.04. The number of hydrogen-bond acceptors (Lipinski definition) is 5. The van der Waals surface area contributed by atoms with E-state index in [4.69, 9.17) is 9.62 Å². The molecule has 0 aromatic heterocycles. The van der Waals surface area contributed by atoms with Crippen molar-refractivity contribution in [3.05, 3.63) is 35.5 Å². The van der Waals surface area contributed by atoms with E-state index in [1.807, 2.05) is 19.9 Å². The van der Waals surface area contributed by atoms with Crippen molar-refractivity contribution in [1.29, 1.82) is 0 Å². The molecule has 5 atom stereocenters. The Balaban J connectivity index is 2.16. The van der Waals surface area contributed by atoms with Crippen LogP contribution in [0.3, 0.4) is 0 Å². The van der Waals surface area contributed by atoms with Crippen LogP contribution in [0.15, 0.2) is 35.5 Å². The number of aliphatic hydroxyl groups excluding tert-OH is 1. The predicted molar refractivity (Wildman–Crippen MR) is 70.6 cm³/mol. The lowest BCUT2D eigenvalue weighted by Crippen LogP contribution is -2.45. The molecule has 20 heavy (non-hydrogen) atoms. The van der Waals surface area contributed by atoms with Gasteiger partial charge >= 0.3 is 5.97 Å². The van der Waals surface area contributed by atoms with Crippen LogP contribution in [0.1, 0.15) is 20.3 Å². The molecule has 5 heteroatoms. The second-order valence-corrected chi connectivity index (χ2v) is 5.87. The number of rotatable bonds is 1. The molecular formula is C15H18O5. The molecule has 0 aromatic rings. The van der Waals surface area contributed by atoms with E-state index in [1.54, 1.807) is 6.08 Å². The molecule has 0 radical (unpaired) electrons. The minimum atomic E-state index is -0.963. The Bertz CT molecular complexity index is 546. The maximum Gasteiger partial charge on any atom is 0.334 e. The van der Waals surface area contributed by atoms with Gasteiger partial charge in [0.25, 0.3) is 0 Å². The van der Waals surface area contributed by atoms with Crippen molar-refractivity contribution in [2.45, 2.75) is 38.1 Å². The number of aliphatic hydroxyl groups is 1. The predicted octanol–water partition coefficient (Wildman–Crippen LogP) is 1.60. The Morgan fingerprint density at radius 1 is 1.50 bits per heavy atom. The maximum absolute atomic E-state index is 11.8. The summed E-state index contributed by atoms with van der Waals surface area (Å²) in [4.78, 5) is 16.6. The molecule has 0 unspecified atom stereocenters. The normalized spacial score (nSPS) is 43.4. The van der Waals surface area contributed by atoms with Crippen molar-refractivity contribution in [2.24, 2.45) is 11.8 Å². The third-order valence-corrected chi connectivity index (χ3v) is 4.93. The Hall–Kier alpha value is -1.43. The van der Waals surface area contributed by atoms with E-state index in [0.717, 1.165) is 11.1 Å². The molecule has 2 aliphatic carbocycles. The van der Waals surface area contributed by atoms with E-state index in [9.17, 15) is 15.2 Å². The van der Waals surface area contributed by atoms with Gasteiger partial charge in [-0.3, -0.25) is 5.26 Å². The fraction of sp³-hybridized carbons (Fsp3) is 0.533. The Kier molecular flexibility index (Phi) is 2.90. The van der Waals surface area contributed by atoms with Gasteiger partial charge < -0.3 is 9.84 Å². The van der Waals surface area contributed by atoms with Crippen molar-refractivity contribution in [3.8, 4) is 0 Å². The zero-order chi connectivity index (χ0) is 14.7. The Morgan fingerprint density at radius 2 is 2.20 bits per heavy atom. The lowest BCUT2D eigenvalue weighted by atomic mass is 9.76. The van der Waals surface area contributed by atoms with Gasteiger partial charge in [-0.25, -0.2) is 9.68 Å². The summed E-state index contributed by atoms with van der Waals surface area (Å²) >= 11 is 0. The van der Waals surface area contributed by atoms with E-state index < -0.39 is 29.7 Å². The molecule has 3 aliphatic rings. The SMILES string of the molecule is C=C1C(=O)O[C@H]2[C@H]1[C@@H](O)C=C(C)[C@]1(OO)CC=C(C)[C@H]21. The van der Waals surface area contributed by atoms with E-state index in [1.165, 1.54) is 0 Å². The maximum atomic E-state index is 11.8. The monoisotopic (exact) mass is 278 g/mol. The molecule has 1 saturated heterocycles. The Labute approximate surface area is 117 Å². The second kappa shape index (κ2) is 4.28. The van der Waals surface area contributed by atoms with Crippen molar-refractivity contribution in [2.75, 3.05) is 0 Å². The minimum absolute atomic E-state index is 0.278. The number of hydrogen-bond donors (Lipinski definition) is 2. The summed E-state index contributed by atoms with van der Waals surface area (Å²) in [7, 11) is 0. The van der Waals surface area contributed by atoms with Crippen LogP contribution < -0.4 is 0 Å². The quantitative estimate of drug-likeness (QED) is 0.250. The first-order valence-corrected chi connectivity index (χ1v) is 6.68. The van der Waals surface area contributed by atoms with Crippen LogP contribution in [0.2, 0.25) is 0 Å². The van der Waals surface area contributed by atoms with E-state index in [-0.39, 0.29) is 11.5 Å². The third-order valence-electron chi connectivity index (χ3n) is 4.93. The van der Waals surface area contributed by atoms with Gasteiger partial charge in [0.15, 0.2) is 0 Å². The largest absolute Gasteiger partial charge is 0.457 e. The van der Waals surface area contributed by atoms with Crippen LogP contribution in [-0.2, 0) is 14.4 Å². The zero-order valence-electron chi connectivity index (χ0n) is 11.5. The third kappa shape index (κ3) is 1.51. The van der Waals surface area contributed by atoms with E-state index >= 15 is 0 Å². The lowest BCUT2D eigenvalue weighted by Gasteiger charge is -2.36. The van der Waals surface area contributed by atoms with Crippen molar-refractivity contribution < 1.29 is 24.8 Å². The van der Waals surface area contributed by atoms with Crippen molar-refractivity contribution in [3.63, 3.8) is 0 Å². The number of esters is 1. The summed E-state index contributed by atoms with van der Waals surface area (Å²) in [5, 5.41) is 19.8. The lowest BCUT2D eigenvalue weighted by molar-refractivity contribution is -0.323. The molecule has 0 spiro atoms. The Morgan fingerprint density at radius 3 is 2.85 bits per heavy atom. The molecule has 0 aromatic carbocycles. The van der Waals surface area contributed by atoms with Crippen LogP contribution in [0.5, 0.6) is 0 Å². The summed E-state index contributed by atoms with van der Waals surface area (Å²) in [6.45, 7) is 7.47. The zero-order valence-corrected chi connectivity index (χ0v) is 11.5. The van der Waals surface area contributed by atoms with Gasteiger partial charge in [0, 0.05) is 12.0 Å². The molecule has 108 valence electrons. The highest BCUT2D eigenvalue weighted by Gasteiger charge is 2.59. The fourth-order valence-corrected chi connectivity index (χ4v) is 3.81. The smallest absolute Gasteiger partial charge is 0.334 e. The topological polar surface area (TPSA) is 76.0 Å². The van der Waals surface area contributed by atoms with Crippen molar-refractivity contribution >= 4 is 5.97 Å². The molecule has 0 amide bonds. The highest BCUT2D eigenvalue weighted by molar-refractivity contribution is 5.91. The molecule has 1 heterocycles. The van der Waals surface area contributed by atoms with Gasteiger partial charge in [-0.1, -0.05) is 24.3 Å². The molecule has 0 bridgehead atoms. The first-order chi connectivity index (χ1) is 9.42. The first kappa shape index (κ1) is 13.5. The number of fused-ring (bicyclic) bond motifs is 3. The van der Waals surface area contributed by atoms with Crippen LogP contribution in [0.4, 0.5) is 0 Å². The number of ether oxygens (including phenoxy) is 1. The van der Waals surface area contributed by atoms with E-state index in [2.05, 4.69) is 6.58 Å².